The van der Waals surface area contributed by atoms with Gasteiger partial charge < -0.3 is 19.5 Å². The quantitative estimate of drug-likeness (QED) is 0.839. The second-order valence-electron chi connectivity index (χ2n) is 5.80. The van der Waals surface area contributed by atoms with E-state index in [0.29, 0.717) is 18.2 Å². The molecule has 3 unspecified atom stereocenters. The van der Waals surface area contributed by atoms with E-state index >= 15 is 0 Å². The lowest BCUT2D eigenvalue weighted by Crippen LogP contribution is -2.42. The third kappa shape index (κ3) is 4.35. The predicted octanol–water partition coefficient (Wildman–Crippen LogP) is 2.79. The maximum Gasteiger partial charge on any atom is 0.160 e. The van der Waals surface area contributed by atoms with E-state index in [1.807, 2.05) is 12.1 Å². The summed E-state index contributed by atoms with van der Waals surface area (Å²) in [4.78, 5) is 0. The molecule has 1 aliphatic heterocycles. The highest BCUT2D eigenvalue weighted by molar-refractivity contribution is 5.43. The van der Waals surface area contributed by atoms with Crippen molar-refractivity contribution in [2.75, 3.05) is 20.8 Å². The molecule has 1 fully saturated rings. The minimum absolute atomic E-state index is 0.359. The van der Waals surface area contributed by atoms with Crippen molar-refractivity contribution < 1.29 is 14.2 Å². The van der Waals surface area contributed by atoms with Crippen LogP contribution in [0.15, 0.2) is 18.2 Å². The average Bonchev–Trinajstić information content (AvgIpc) is 3.01. The molecule has 0 radical (unpaired) electrons. The van der Waals surface area contributed by atoms with E-state index in [4.69, 9.17) is 14.2 Å². The molecule has 3 atom stereocenters. The summed E-state index contributed by atoms with van der Waals surface area (Å²) in [5.41, 5.74) is 1.24. The van der Waals surface area contributed by atoms with Crippen LogP contribution in [0, 0.1) is 0 Å². The van der Waals surface area contributed by atoms with Gasteiger partial charge in [-0.2, -0.15) is 0 Å². The van der Waals surface area contributed by atoms with Crippen molar-refractivity contribution in [2.24, 2.45) is 0 Å². The van der Waals surface area contributed by atoms with Crippen LogP contribution in [0.3, 0.4) is 0 Å². The lowest BCUT2D eigenvalue weighted by atomic mass is 10.0. The zero-order valence-corrected chi connectivity index (χ0v) is 13.5. The molecular weight excluding hydrogens is 266 g/mol. The second-order valence-corrected chi connectivity index (χ2v) is 5.80. The van der Waals surface area contributed by atoms with Crippen LogP contribution in [-0.2, 0) is 11.2 Å². The predicted molar refractivity (Wildman–Crippen MR) is 84.3 cm³/mol. The van der Waals surface area contributed by atoms with Gasteiger partial charge in [-0.15, -0.1) is 0 Å². The van der Waals surface area contributed by atoms with Gasteiger partial charge in [-0.05, 0) is 50.8 Å². The molecule has 1 aromatic rings. The molecule has 21 heavy (non-hydrogen) atoms. The Hall–Kier alpha value is -1.26. The summed E-state index contributed by atoms with van der Waals surface area (Å²) in [5.74, 6) is 1.56. The number of methoxy groups -OCH3 is 2. The Bertz CT molecular complexity index is 444. The first-order valence-electron chi connectivity index (χ1n) is 7.72. The largest absolute Gasteiger partial charge is 0.493 e. The number of rotatable bonds is 7. The summed E-state index contributed by atoms with van der Waals surface area (Å²) in [6.45, 7) is 5.32. The minimum Gasteiger partial charge on any atom is -0.493 e. The van der Waals surface area contributed by atoms with Crippen molar-refractivity contribution in [1.82, 2.24) is 5.32 Å². The molecule has 0 amide bonds. The summed E-state index contributed by atoms with van der Waals surface area (Å²) >= 11 is 0. The van der Waals surface area contributed by atoms with Crippen molar-refractivity contribution in [1.29, 1.82) is 0 Å². The van der Waals surface area contributed by atoms with Crippen molar-refractivity contribution in [3.8, 4) is 11.5 Å². The monoisotopic (exact) mass is 293 g/mol. The van der Waals surface area contributed by atoms with Gasteiger partial charge in [-0.1, -0.05) is 6.07 Å². The molecule has 1 aromatic carbocycles. The second kappa shape index (κ2) is 7.66. The van der Waals surface area contributed by atoms with Gasteiger partial charge in [0.25, 0.3) is 0 Å². The topological polar surface area (TPSA) is 39.7 Å². The molecule has 0 bridgehead atoms. The number of hydrogen-bond acceptors (Lipinski definition) is 4. The number of benzene rings is 1. The Morgan fingerprint density at radius 1 is 1.24 bits per heavy atom. The molecule has 0 aromatic heterocycles. The van der Waals surface area contributed by atoms with Crippen LogP contribution in [-0.4, -0.2) is 39.0 Å². The molecule has 2 rings (SSSR count). The first-order valence-corrected chi connectivity index (χ1v) is 7.72. The maximum atomic E-state index is 5.73. The average molecular weight is 293 g/mol. The SMILES string of the molecule is COc1ccc(CC(C)NC(C)C2CCCO2)cc1OC. The van der Waals surface area contributed by atoms with E-state index in [9.17, 15) is 0 Å². The maximum absolute atomic E-state index is 5.73. The zero-order chi connectivity index (χ0) is 15.2. The molecule has 1 aliphatic rings. The Labute approximate surface area is 127 Å². The van der Waals surface area contributed by atoms with Gasteiger partial charge in [0.05, 0.1) is 20.3 Å². The minimum atomic E-state index is 0.359. The third-order valence-corrected chi connectivity index (χ3v) is 4.06. The van der Waals surface area contributed by atoms with Gasteiger partial charge in [-0.25, -0.2) is 0 Å². The normalized spacial score (nSPS) is 21.0. The third-order valence-electron chi connectivity index (χ3n) is 4.06. The summed E-state index contributed by atoms with van der Waals surface area (Å²) < 4.78 is 16.4. The molecular formula is C17H27NO3. The van der Waals surface area contributed by atoms with E-state index in [-0.39, 0.29) is 0 Å². The van der Waals surface area contributed by atoms with E-state index in [2.05, 4.69) is 25.2 Å². The van der Waals surface area contributed by atoms with Crippen LogP contribution in [0.2, 0.25) is 0 Å². The van der Waals surface area contributed by atoms with Crippen molar-refractivity contribution in [3.05, 3.63) is 23.8 Å². The number of ether oxygens (including phenoxy) is 3. The molecule has 118 valence electrons. The molecule has 1 saturated heterocycles. The van der Waals surface area contributed by atoms with Crippen LogP contribution in [0.5, 0.6) is 11.5 Å². The van der Waals surface area contributed by atoms with Gasteiger partial charge in [0.1, 0.15) is 0 Å². The van der Waals surface area contributed by atoms with Gasteiger partial charge in [-0.3, -0.25) is 0 Å². The van der Waals surface area contributed by atoms with Gasteiger partial charge >= 0.3 is 0 Å². The summed E-state index contributed by atoms with van der Waals surface area (Å²) in [7, 11) is 3.33. The highest BCUT2D eigenvalue weighted by Gasteiger charge is 2.23. The molecule has 1 heterocycles. The fourth-order valence-corrected chi connectivity index (χ4v) is 2.97. The summed E-state index contributed by atoms with van der Waals surface area (Å²) in [6.07, 6.45) is 3.66. The van der Waals surface area contributed by atoms with Crippen LogP contribution in [0.1, 0.15) is 32.3 Å². The number of hydrogen-bond donors (Lipinski definition) is 1. The Morgan fingerprint density at radius 3 is 2.62 bits per heavy atom. The van der Waals surface area contributed by atoms with Crippen molar-refractivity contribution in [3.63, 3.8) is 0 Å². The van der Waals surface area contributed by atoms with Crippen molar-refractivity contribution in [2.45, 2.75) is 51.3 Å². The Morgan fingerprint density at radius 2 is 2.00 bits per heavy atom. The lowest BCUT2D eigenvalue weighted by Gasteiger charge is -2.24. The van der Waals surface area contributed by atoms with Crippen LogP contribution in [0.4, 0.5) is 0 Å². The van der Waals surface area contributed by atoms with Gasteiger partial charge in [0, 0.05) is 18.7 Å². The lowest BCUT2D eigenvalue weighted by molar-refractivity contribution is 0.0804. The first kappa shape index (κ1) is 16.1. The fraction of sp³-hybridized carbons (Fsp3) is 0.647. The highest BCUT2D eigenvalue weighted by atomic mass is 16.5. The summed E-state index contributed by atoms with van der Waals surface area (Å²) in [5, 5.41) is 3.64. The number of nitrogens with one attached hydrogen (secondary N) is 1. The summed E-state index contributed by atoms with van der Waals surface area (Å²) in [6, 6.07) is 6.89. The van der Waals surface area contributed by atoms with E-state index in [1.54, 1.807) is 14.2 Å². The van der Waals surface area contributed by atoms with E-state index in [0.717, 1.165) is 30.9 Å². The molecule has 1 N–H and O–H groups in total. The standard InChI is InChI=1S/C17H27NO3/c1-12(18-13(2)15-6-5-9-21-15)10-14-7-8-16(19-3)17(11-14)20-4/h7-8,11-13,15,18H,5-6,9-10H2,1-4H3. The van der Waals surface area contributed by atoms with Crippen molar-refractivity contribution >= 4 is 0 Å². The fourth-order valence-electron chi connectivity index (χ4n) is 2.97. The molecule has 0 aliphatic carbocycles. The molecule has 4 heteroatoms. The molecule has 4 nitrogen and oxygen atoms in total. The Kier molecular flexibility index (Phi) is 5.88. The molecule has 0 spiro atoms. The Balaban J connectivity index is 1.91. The van der Waals surface area contributed by atoms with E-state index in [1.165, 1.54) is 12.0 Å². The van der Waals surface area contributed by atoms with E-state index < -0.39 is 0 Å². The van der Waals surface area contributed by atoms with Crippen LogP contribution in [0.25, 0.3) is 0 Å². The highest BCUT2D eigenvalue weighted by Crippen LogP contribution is 2.28. The van der Waals surface area contributed by atoms with Gasteiger partial charge in [0.2, 0.25) is 0 Å². The zero-order valence-electron chi connectivity index (χ0n) is 13.5. The molecule has 0 saturated carbocycles. The van der Waals surface area contributed by atoms with Gasteiger partial charge in [0.15, 0.2) is 11.5 Å². The smallest absolute Gasteiger partial charge is 0.160 e. The van der Waals surface area contributed by atoms with Crippen LogP contribution >= 0.6 is 0 Å². The van der Waals surface area contributed by atoms with Crippen LogP contribution < -0.4 is 14.8 Å². The first-order chi connectivity index (χ1) is 10.1.